The predicted octanol–water partition coefficient (Wildman–Crippen LogP) is 1.90. The van der Waals surface area contributed by atoms with E-state index in [0.29, 0.717) is 4.47 Å². The number of aliphatic carboxylic acids is 1. The Morgan fingerprint density at radius 2 is 2.11 bits per heavy atom. The maximum Gasteiger partial charge on any atom is 0.303 e. The molecule has 0 spiro atoms. The molecule has 1 rings (SSSR count). The number of rotatable bonds is 6. The molecule has 0 atom stereocenters. The van der Waals surface area contributed by atoms with Crippen LogP contribution >= 0.6 is 15.9 Å². The van der Waals surface area contributed by atoms with Gasteiger partial charge in [0.15, 0.2) is 0 Å². The molecule has 0 aliphatic rings. The Morgan fingerprint density at radius 3 is 2.67 bits per heavy atom. The van der Waals surface area contributed by atoms with Crippen molar-refractivity contribution in [3.8, 4) is 0 Å². The first-order chi connectivity index (χ1) is 8.33. The molecule has 2 N–H and O–H groups in total. The number of sulfonamides is 1. The van der Waals surface area contributed by atoms with Gasteiger partial charge in [-0.05, 0) is 47.0 Å². The van der Waals surface area contributed by atoms with Gasteiger partial charge in [0.25, 0.3) is 0 Å². The molecule has 18 heavy (non-hydrogen) atoms. The van der Waals surface area contributed by atoms with Crippen LogP contribution in [0.4, 0.5) is 0 Å². The van der Waals surface area contributed by atoms with Crippen molar-refractivity contribution in [1.29, 1.82) is 0 Å². The van der Waals surface area contributed by atoms with E-state index in [0.717, 1.165) is 5.56 Å². The van der Waals surface area contributed by atoms with Crippen molar-refractivity contribution in [1.82, 2.24) is 4.72 Å². The first-order valence-corrected chi connectivity index (χ1v) is 7.58. The van der Waals surface area contributed by atoms with Crippen molar-refractivity contribution < 1.29 is 18.3 Å². The van der Waals surface area contributed by atoms with E-state index in [-0.39, 0.29) is 24.3 Å². The van der Waals surface area contributed by atoms with Gasteiger partial charge in [-0.3, -0.25) is 4.79 Å². The highest BCUT2D eigenvalue weighted by atomic mass is 79.9. The minimum atomic E-state index is -3.60. The lowest BCUT2D eigenvalue weighted by Gasteiger charge is -2.08. The number of hydrogen-bond acceptors (Lipinski definition) is 3. The first kappa shape index (κ1) is 15.1. The van der Waals surface area contributed by atoms with Gasteiger partial charge >= 0.3 is 5.97 Å². The van der Waals surface area contributed by atoms with Gasteiger partial charge < -0.3 is 5.11 Å². The third kappa shape index (κ3) is 4.40. The molecule has 5 nitrogen and oxygen atoms in total. The Hall–Kier alpha value is -0.920. The number of carboxylic acid groups (broad SMARTS) is 1. The Morgan fingerprint density at radius 1 is 1.44 bits per heavy atom. The average Bonchev–Trinajstić information content (AvgIpc) is 2.23. The minimum absolute atomic E-state index is 0.0579. The average molecular weight is 336 g/mol. The molecule has 0 radical (unpaired) electrons. The van der Waals surface area contributed by atoms with E-state index in [9.17, 15) is 13.2 Å². The summed E-state index contributed by atoms with van der Waals surface area (Å²) in [6, 6.07) is 4.93. The summed E-state index contributed by atoms with van der Waals surface area (Å²) in [7, 11) is -3.60. The lowest BCUT2D eigenvalue weighted by Crippen LogP contribution is -2.25. The van der Waals surface area contributed by atoms with E-state index in [1.807, 2.05) is 6.92 Å². The summed E-state index contributed by atoms with van der Waals surface area (Å²) in [6.45, 7) is 1.97. The SMILES string of the molecule is Cc1ccc(S(=O)(=O)NCCCC(=O)O)c(Br)c1. The zero-order valence-corrected chi connectivity index (χ0v) is 12.2. The molecular formula is C11H14BrNO4S. The molecule has 0 aliphatic carbocycles. The van der Waals surface area contributed by atoms with E-state index in [1.165, 1.54) is 6.07 Å². The van der Waals surface area contributed by atoms with Gasteiger partial charge in [-0.1, -0.05) is 6.07 Å². The molecule has 0 saturated heterocycles. The van der Waals surface area contributed by atoms with Gasteiger partial charge in [0, 0.05) is 17.4 Å². The second kappa shape index (κ2) is 6.31. The number of aryl methyl sites for hydroxylation is 1. The summed E-state index contributed by atoms with van der Waals surface area (Å²) in [5, 5.41) is 8.45. The van der Waals surface area contributed by atoms with Crippen molar-refractivity contribution in [2.45, 2.75) is 24.7 Å². The number of halogens is 1. The number of benzene rings is 1. The molecule has 0 bridgehead atoms. The van der Waals surface area contributed by atoms with Crippen LogP contribution in [-0.4, -0.2) is 26.0 Å². The van der Waals surface area contributed by atoms with Crippen LogP contribution in [0.5, 0.6) is 0 Å². The van der Waals surface area contributed by atoms with E-state index in [2.05, 4.69) is 20.7 Å². The maximum atomic E-state index is 11.9. The quantitative estimate of drug-likeness (QED) is 0.777. The number of nitrogens with one attached hydrogen (secondary N) is 1. The van der Waals surface area contributed by atoms with Gasteiger partial charge in [-0.2, -0.15) is 0 Å². The summed E-state index contributed by atoms with van der Waals surface area (Å²) in [4.78, 5) is 10.5. The van der Waals surface area contributed by atoms with Gasteiger partial charge in [-0.25, -0.2) is 13.1 Å². The van der Waals surface area contributed by atoms with Gasteiger partial charge in [0.2, 0.25) is 10.0 Å². The summed E-state index contributed by atoms with van der Waals surface area (Å²) in [5.41, 5.74) is 0.951. The molecule has 0 fully saturated rings. The molecule has 0 amide bonds. The highest BCUT2D eigenvalue weighted by molar-refractivity contribution is 9.10. The van der Waals surface area contributed by atoms with Crippen LogP contribution in [0, 0.1) is 6.92 Å². The van der Waals surface area contributed by atoms with Crippen LogP contribution < -0.4 is 4.72 Å². The van der Waals surface area contributed by atoms with E-state index >= 15 is 0 Å². The second-order valence-corrected chi connectivity index (χ2v) is 6.42. The summed E-state index contributed by atoms with van der Waals surface area (Å²) in [6.07, 6.45) is 0.204. The fourth-order valence-corrected chi connectivity index (χ4v) is 3.61. The van der Waals surface area contributed by atoms with Crippen LogP contribution in [0.2, 0.25) is 0 Å². The number of carbonyl (C=O) groups is 1. The van der Waals surface area contributed by atoms with Crippen molar-refractivity contribution in [2.24, 2.45) is 0 Å². The van der Waals surface area contributed by atoms with E-state index in [4.69, 9.17) is 5.11 Å². The van der Waals surface area contributed by atoms with Crippen molar-refractivity contribution in [3.63, 3.8) is 0 Å². The van der Waals surface area contributed by atoms with Gasteiger partial charge in [0.1, 0.15) is 0 Å². The Balaban J connectivity index is 2.71. The molecule has 100 valence electrons. The summed E-state index contributed by atoms with van der Waals surface area (Å²) in [5.74, 6) is -0.939. The minimum Gasteiger partial charge on any atom is -0.481 e. The third-order valence-electron chi connectivity index (χ3n) is 2.24. The van der Waals surface area contributed by atoms with Crippen LogP contribution in [-0.2, 0) is 14.8 Å². The Labute approximate surface area is 114 Å². The molecule has 1 aromatic carbocycles. The van der Waals surface area contributed by atoms with E-state index in [1.54, 1.807) is 12.1 Å². The number of hydrogen-bond donors (Lipinski definition) is 2. The molecule has 0 unspecified atom stereocenters. The van der Waals surface area contributed by atoms with Crippen LogP contribution in [0.25, 0.3) is 0 Å². The molecule has 7 heteroatoms. The monoisotopic (exact) mass is 335 g/mol. The zero-order valence-electron chi connectivity index (χ0n) is 9.81. The second-order valence-electron chi connectivity index (χ2n) is 3.83. The van der Waals surface area contributed by atoms with Crippen molar-refractivity contribution >= 4 is 31.9 Å². The van der Waals surface area contributed by atoms with Crippen LogP contribution in [0.1, 0.15) is 18.4 Å². The summed E-state index contributed by atoms with van der Waals surface area (Å²) >= 11 is 3.20. The van der Waals surface area contributed by atoms with Crippen molar-refractivity contribution in [2.75, 3.05) is 6.54 Å². The van der Waals surface area contributed by atoms with Gasteiger partial charge in [-0.15, -0.1) is 0 Å². The fourth-order valence-electron chi connectivity index (χ4n) is 1.35. The normalized spacial score (nSPS) is 11.4. The summed E-state index contributed by atoms with van der Waals surface area (Å²) < 4.78 is 26.7. The standard InChI is InChI=1S/C11H14BrNO4S/c1-8-4-5-10(9(12)7-8)18(16,17)13-6-2-3-11(14)15/h4-5,7,13H,2-3,6H2,1H3,(H,14,15). The largest absolute Gasteiger partial charge is 0.481 e. The molecule has 0 aromatic heterocycles. The molecule has 0 heterocycles. The fraction of sp³-hybridized carbons (Fsp3) is 0.364. The lowest BCUT2D eigenvalue weighted by atomic mass is 10.2. The maximum absolute atomic E-state index is 11.9. The smallest absolute Gasteiger partial charge is 0.303 e. The lowest BCUT2D eigenvalue weighted by molar-refractivity contribution is -0.137. The topological polar surface area (TPSA) is 83.5 Å². The zero-order chi connectivity index (χ0) is 13.8. The van der Waals surface area contributed by atoms with E-state index < -0.39 is 16.0 Å². The number of carboxylic acids is 1. The van der Waals surface area contributed by atoms with Crippen LogP contribution in [0.3, 0.4) is 0 Å². The highest BCUT2D eigenvalue weighted by Crippen LogP contribution is 2.22. The predicted molar refractivity (Wildman–Crippen MR) is 70.9 cm³/mol. The highest BCUT2D eigenvalue weighted by Gasteiger charge is 2.16. The third-order valence-corrected chi connectivity index (χ3v) is 4.67. The first-order valence-electron chi connectivity index (χ1n) is 5.30. The molecular weight excluding hydrogens is 322 g/mol. The molecule has 0 saturated carbocycles. The van der Waals surface area contributed by atoms with Gasteiger partial charge in [0.05, 0.1) is 4.90 Å². The Bertz CT molecular complexity index is 542. The molecule has 0 aliphatic heterocycles. The molecule has 1 aromatic rings. The van der Waals surface area contributed by atoms with Crippen molar-refractivity contribution in [3.05, 3.63) is 28.2 Å². The van der Waals surface area contributed by atoms with Crippen LogP contribution in [0.15, 0.2) is 27.6 Å². The Kier molecular flexibility index (Phi) is 5.30.